The molecule has 1 fully saturated rings. The highest BCUT2D eigenvalue weighted by atomic mass is 16.3. The SMILES string of the molecule is NCC[C@@H]1CCC[C@@H](O)C1. The van der Waals surface area contributed by atoms with Crippen LogP contribution in [-0.2, 0) is 0 Å². The van der Waals surface area contributed by atoms with E-state index in [0.717, 1.165) is 25.8 Å². The van der Waals surface area contributed by atoms with Crippen molar-refractivity contribution in [2.45, 2.75) is 38.2 Å². The van der Waals surface area contributed by atoms with Crippen molar-refractivity contribution in [3.63, 3.8) is 0 Å². The van der Waals surface area contributed by atoms with Gasteiger partial charge in [0.25, 0.3) is 0 Å². The normalized spacial score (nSPS) is 34.2. The molecule has 2 atom stereocenters. The first-order valence-electron chi connectivity index (χ1n) is 4.21. The first kappa shape index (κ1) is 8.02. The summed E-state index contributed by atoms with van der Waals surface area (Å²) < 4.78 is 0. The summed E-state index contributed by atoms with van der Waals surface area (Å²) in [6, 6.07) is 0. The topological polar surface area (TPSA) is 46.2 Å². The fourth-order valence-corrected chi connectivity index (χ4v) is 1.76. The van der Waals surface area contributed by atoms with Crippen molar-refractivity contribution in [1.29, 1.82) is 0 Å². The Morgan fingerprint density at radius 1 is 1.40 bits per heavy atom. The lowest BCUT2D eigenvalue weighted by Crippen LogP contribution is -2.21. The minimum Gasteiger partial charge on any atom is -0.393 e. The third-order valence-corrected chi connectivity index (χ3v) is 2.33. The van der Waals surface area contributed by atoms with Gasteiger partial charge in [-0.3, -0.25) is 0 Å². The molecule has 60 valence electrons. The fourth-order valence-electron chi connectivity index (χ4n) is 1.76. The van der Waals surface area contributed by atoms with E-state index in [0.29, 0.717) is 5.92 Å². The van der Waals surface area contributed by atoms with Crippen molar-refractivity contribution in [1.82, 2.24) is 0 Å². The van der Waals surface area contributed by atoms with Gasteiger partial charge in [0, 0.05) is 0 Å². The molecule has 0 aromatic rings. The zero-order valence-corrected chi connectivity index (χ0v) is 6.42. The van der Waals surface area contributed by atoms with Gasteiger partial charge in [-0.15, -0.1) is 0 Å². The molecule has 0 aromatic heterocycles. The average molecular weight is 143 g/mol. The molecular weight excluding hydrogens is 126 g/mol. The van der Waals surface area contributed by atoms with Crippen molar-refractivity contribution >= 4 is 0 Å². The van der Waals surface area contributed by atoms with Crippen molar-refractivity contribution in [2.75, 3.05) is 6.54 Å². The van der Waals surface area contributed by atoms with Gasteiger partial charge in [-0.05, 0) is 31.7 Å². The number of aliphatic hydroxyl groups excluding tert-OH is 1. The van der Waals surface area contributed by atoms with E-state index in [9.17, 15) is 5.11 Å². The predicted octanol–water partition coefficient (Wildman–Crippen LogP) is 0.886. The van der Waals surface area contributed by atoms with Gasteiger partial charge >= 0.3 is 0 Å². The van der Waals surface area contributed by atoms with Crippen molar-refractivity contribution in [3.05, 3.63) is 0 Å². The number of nitrogens with two attached hydrogens (primary N) is 1. The summed E-state index contributed by atoms with van der Waals surface area (Å²) in [5.41, 5.74) is 5.42. The molecule has 2 nitrogen and oxygen atoms in total. The van der Waals surface area contributed by atoms with Crippen molar-refractivity contribution in [2.24, 2.45) is 11.7 Å². The molecule has 1 aliphatic carbocycles. The Morgan fingerprint density at radius 3 is 2.80 bits per heavy atom. The molecule has 2 heteroatoms. The van der Waals surface area contributed by atoms with E-state index in [-0.39, 0.29) is 6.10 Å². The number of aliphatic hydroxyl groups is 1. The summed E-state index contributed by atoms with van der Waals surface area (Å²) in [6.45, 7) is 0.775. The summed E-state index contributed by atoms with van der Waals surface area (Å²) in [6.07, 6.45) is 5.50. The van der Waals surface area contributed by atoms with Gasteiger partial charge in [0.1, 0.15) is 0 Å². The molecule has 0 radical (unpaired) electrons. The summed E-state index contributed by atoms with van der Waals surface area (Å²) in [5.74, 6) is 0.703. The number of hydrogen-bond donors (Lipinski definition) is 2. The molecule has 1 saturated carbocycles. The Bertz CT molecular complexity index is 93.3. The van der Waals surface area contributed by atoms with Crippen LogP contribution in [0.25, 0.3) is 0 Å². The molecule has 0 unspecified atom stereocenters. The Balaban J connectivity index is 2.18. The first-order valence-corrected chi connectivity index (χ1v) is 4.21. The van der Waals surface area contributed by atoms with Crippen LogP contribution in [0.15, 0.2) is 0 Å². The van der Waals surface area contributed by atoms with Crippen molar-refractivity contribution in [3.8, 4) is 0 Å². The van der Waals surface area contributed by atoms with Crippen LogP contribution >= 0.6 is 0 Å². The largest absolute Gasteiger partial charge is 0.393 e. The van der Waals surface area contributed by atoms with E-state index in [1.807, 2.05) is 0 Å². The second kappa shape index (κ2) is 3.94. The molecular formula is C8H17NO. The van der Waals surface area contributed by atoms with Gasteiger partial charge in [0.05, 0.1) is 6.10 Å². The van der Waals surface area contributed by atoms with Crippen LogP contribution in [0.5, 0.6) is 0 Å². The smallest absolute Gasteiger partial charge is 0.0542 e. The van der Waals surface area contributed by atoms with Gasteiger partial charge in [0.2, 0.25) is 0 Å². The highest BCUT2D eigenvalue weighted by Crippen LogP contribution is 2.25. The molecule has 0 aromatic carbocycles. The van der Waals surface area contributed by atoms with E-state index in [4.69, 9.17) is 5.73 Å². The summed E-state index contributed by atoms with van der Waals surface area (Å²) in [4.78, 5) is 0. The number of rotatable bonds is 2. The average Bonchev–Trinajstić information content (AvgIpc) is 1.88. The lowest BCUT2D eigenvalue weighted by Gasteiger charge is -2.25. The Labute approximate surface area is 62.4 Å². The van der Waals surface area contributed by atoms with Crippen molar-refractivity contribution < 1.29 is 5.11 Å². The maximum absolute atomic E-state index is 9.27. The molecule has 0 aliphatic heterocycles. The van der Waals surface area contributed by atoms with E-state index in [1.165, 1.54) is 12.8 Å². The second-order valence-electron chi connectivity index (χ2n) is 3.26. The summed E-state index contributed by atoms with van der Waals surface area (Å²) >= 11 is 0. The monoisotopic (exact) mass is 143 g/mol. The van der Waals surface area contributed by atoms with E-state index in [2.05, 4.69) is 0 Å². The highest BCUT2D eigenvalue weighted by molar-refractivity contribution is 4.71. The fraction of sp³-hybridized carbons (Fsp3) is 1.00. The highest BCUT2D eigenvalue weighted by Gasteiger charge is 2.18. The molecule has 3 N–H and O–H groups in total. The molecule has 0 saturated heterocycles. The van der Waals surface area contributed by atoms with E-state index < -0.39 is 0 Å². The van der Waals surface area contributed by atoms with Gasteiger partial charge in [-0.2, -0.15) is 0 Å². The van der Waals surface area contributed by atoms with Gasteiger partial charge in [-0.1, -0.05) is 12.8 Å². The Kier molecular flexibility index (Phi) is 3.16. The van der Waals surface area contributed by atoms with Gasteiger partial charge in [-0.25, -0.2) is 0 Å². The number of hydrogen-bond acceptors (Lipinski definition) is 2. The maximum atomic E-state index is 9.27. The zero-order valence-electron chi connectivity index (χ0n) is 6.42. The molecule has 1 rings (SSSR count). The lowest BCUT2D eigenvalue weighted by molar-refractivity contribution is 0.0991. The standard InChI is InChI=1S/C8H17NO/c9-5-4-7-2-1-3-8(10)6-7/h7-8,10H,1-6,9H2/t7-,8+/m0/s1. The molecule has 0 heterocycles. The molecule has 10 heavy (non-hydrogen) atoms. The van der Waals surface area contributed by atoms with Crippen LogP contribution in [0.2, 0.25) is 0 Å². The molecule has 0 bridgehead atoms. The summed E-state index contributed by atoms with van der Waals surface area (Å²) in [5, 5.41) is 9.27. The van der Waals surface area contributed by atoms with Crippen LogP contribution in [0, 0.1) is 5.92 Å². The second-order valence-corrected chi connectivity index (χ2v) is 3.26. The van der Waals surface area contributed by atoms with Crippen LogP contribution in [0.1, 0.15) is 32.1 Å². The lowest BCUT2D eigenvalue weighted by atomic mass is 9.85. The van der Waals surface area contributed by atoms with E-state index in [1.54, 1.807) is 0 Å². The minimum atomic E-state index is -0.0368. The Morgan fingerprint density at radius 2 is 2.20 bits per heavy atom. The predicted molar refractivity (Wildman–Crippen MR) is 41.6 cm³/mol. The molecule has 0 amide bonds. The van der Waals surface area contributed by atoms with Gasteiger partial charge < -0.3 is 10.8 Å². The van der Waals surface area contributed by atoms with Crippen LogP contribution in [0.4, 0.5) is 0 Å². The quantitative estimate of drug-likeness (QED) is 0.603. The van der Waals surface area contributed by atoms with Crippen LogP contribution < -0.4 is 5.73 Å². The maximum Gasteiger partial charge on any atom is 0.0542 e. The van der Waals surface area contributed by atoms with Gasteiger partial charge in [0.15, 0.2) is 0 Å². The Hall–Kier alpha value is -0.0800. The van der Waals surface area contributed by atoms with E-state index >= 15 is 0 Å². The van der Waals surface area contributed by atoms with Crippen LogP contribution in [-0.4, -0.2) is 17.8 Å². The third-order valence-electron chi connectivity index (χ3n) is 2.33. The minimum absolute atomic E-state index is 0.0368. The third kappa shape index (κ3) is 2.27. The molecule has 1 aliphatic rings. The molecule has 0 spiro atoms. The van der Waals surface area contributed by atoms with Crippen LogP contribution in [0.3, 0.4) is 0 Å². The zero-order chi connectivity index (χ0) is 7.40. The summed E-state index contributed by atoms with van der Waals surface area (Å²) in [7, 11) is 0. The first-order chi connectivity index (χ1) is 4.83.